The number of thioether (sulfide) groups is 1. The first kappa shape index (κ1) is 21.2. The standard InChI is InChI=1S/C22H23N3O5S/c1-14(30-22(28)15-2-7-19-18(12-15)24-20(26)13-31-19)21(27)23-16-3-5-17(6-4-16)25-8-10-29-11-9-25/h2-7,12,14H,8-11,13H2,1H3,(H,23,27)(H,24,26)/t14-/m0/s1. The first-order valence-electron chi connectivity index (χ1n) is 10.0. The number of esters is 1. The average Bonchev–Trinajstić information content (AvgIpc) is 2.79. The molecule has 0 bridgehead atoms. The third-order valence-electron chi connectivity index (χ3n) is 5.01. The van der Waals surface area contributed by atoms with Crippen molar-refractivity contribution < 1.29 is 23.9 Å². The SMILES string of the molecule is C[C@H](OC(=O)c1ccc2c(c1)NC(=O)CS2)C(=O)Nc1ccc(N2CCOCC2)cc1. The van der Waals surface area contributed by atoms with Crippen LogP contribution in [0.25, 0.3) is 0 Å². The summed E-state index contributed by atoms with van der Waals surface area (Å²) >= 11 is 1.41. The molecule has 1 fully saturated rings. The summed E-state index contributed by atoms with van der Waals surface area (Å²) < 4.78 is 10.7. The van der Waals surface area contributed by atoms with Crippen LogP contribution >= 0.6 is 11.8 Å². The Hall–Kier alpha value is -3.04. The fourth-order valence-electron chi connectivity index (χ4n) is 3.31. The van der Waals surface area contributed by atoms with Gasteiger partial charge in [-0.25, -0.2) is 4.79 Å². The molecule has 0 aliphatic carbocycles. The molecule has 2 aliphatic rings. The molecule has 0 unspecified atom stereocenters. The molecule has 1 atom stereocenters. The number of fused-ring (bicyclic) bond motifs is 1. The van der Waals surface area contributed by atoms with Crippen LogP contribution in [-0.2, 0) is 19.1 Å². The maximum absolute atomic E-state index is 12.5. The average molecular weight is 442 g/mol. The summed E-state index contributed by atoms with van der Waals surface area (Å²) in [5.41, 5.74) is 2.54. The molecule has 4 rings (SSSR count). The monoisotopic (exact) mass is 441 g/mol. The summed E-state index contributed by atoms with van der Waals surface area (Å²) in [6, 6.07) is 12.5. The Morgan fingerprint density at radius 2 is 1.90 bits per heavy atom. The lowest BCUT2D eigenvalue weighted by Crippen LogP contribution is -2.36. The maximum Gasteiger partial charge on any atom is 0.338 e. The van der Waals surface area contributed by atoms with Crippen LogP contribution in [0.4, 0.5) is 17.1 Å². The van der Waals surface area contributed by atoms with E-state index >= 15 is 0 Å². The number of hydrogen-bond donors (Lipinski definition) is 2. The highest BCUT2D eigenvalue weighted by atomic mass is 32.2. The van der Waals surface area contributed by atoms with Crippen molar-refractivity contribution in [3.63, 3.8) is 0 Å². The highest BCUT2D eigenvalue weighted by Crippen LogP contribution is 2.32. The van der Waals surface area contributed by atoms with Crippen LogP contribution in [0.2, 0.25) is 0 Å². The normalized spacial score (nSPS) is 16.7. The second kappa shape index (κ2) is 9.40. The van der Waals surface area contributed by atoms with Gasteiger partial charge in [-0.15, -0.1) is 11.8 Å². The van der Waals surface area contributed by atoms with Crippen molar-refractivity contribution >= 4 is 46.6 Å². The molecule has 2 amide bonds. The highest BCUT2D eigenvalue weighted by Gasteiger charge is 2.22. The molecule has 2 aliphatic heterocycles. The Labute approximate surface area is 184 Å². The van der Waals surface area contributed by atoms with E-state index in [9.17, 15) is 14.4 Å². The zero-order valence-corrected chi connectivity index (χ0v) is 17.9. The molecular weight excluding hydrogens is 418 g/mol. The second-order valence-corrected chi connectivity index (χ2v) is 8.25. The van der Waals surface area contributed by atoms with E-state index in [4.69, 9.17) is 9.47 Å². The summed E-state index contributed by atoms with van der Waals surface area (Å²) in [4.78, 5) is 39.6. The van der Waals surface area contributed by atoms with Crippen LogP contribution in [0.1, 0.15) is 17.3 Å². The molecule has 2 aromatic carbocycles. The second-order valence-electron chi connectivity index (χ2n) is 7.23. The van der Waals surface area contributed by atoms with E-state index in [0.717, 1.165) is 23.7 Å². The van der Waals surface area contributed by atoms with Crippen LogP contribution in [-0.4, -0.2) is 55.9 Å². The number of amides is 2. The fraction of sp³-hybridized carbons (Fsp3) is 0.318. The quantitative estimate of drug-likeness (QED) is 0.689. The molecule has 8 nitrogen and oxygen atoms in total. The first-order valence-corrected chi connectivity index (χ1v) is 11.0. The third kappa shape index (κ3) is 5.18. The Morgan fingerprint density at radius 1 is 1.16 bits per heavy atom. The lowest BCUT2D eigenvalue weighted by Gasteiger charge is -2.28. The number of morpholine rings is 1. The van der Waals surface area contributed by atoms with Crippen molar-refractivity contribution in [2.45, 2.75) is 17.9 Å². The van der Waals surface area contributed by atoms with E-state index in [1.54, 1.807) is 18.2 Å². The van der Waals surface area contributed by atoms with Crippen molar-refractivity contribution in [1.29, 1.82) is 0 Å². The topological polar surface area (TPSA) is 97.0 Å². The molecule has 9 heteroatoms. The van der Waals surface area contributed by atoms with Crippen molar-refractivity contribution in [3.05, 3.63) is 48.0 Å². The maximum atomic E-state index is 12.5. The number of carbonyl (C=O) groups is 3. The predicted molar refractivity (Wildman–Crippen MR) is 119 cm³/mol. The zero-order chi connectivity index (χ0) is 21.8. The molecule has 0 saturated carbocycles. The lowest BCUT2D eigenvalue weighted by atomic mass is 10.2. The van der Waals surface area contributed by atoms with E-state index in [2.05, 4.69) is 15.5 Å². The molecule has 2 N–H and O–H groups in total. The van der Waals surface area contributed by atoms with Crippen LogP contribution < -0.4 is 15.5 Å². The summed E-state index contributed by atoms with van der Waals surface area (Å²) in [5.74, 6) is -0.816. The number of hydrogen-bond acceptors (Lipinski definition) is 7. The molecule has 2 aromatic rings. The number of carbonyl (C=O) groups excluding carboxylic acids is 3. The highest BCUT2D eigenvalue weighted by molar-refractivity contribution is 8.00. The third-order valence-corrected chi connectivity index (χ3v) is 6.09. The Kier molecular flexibility index (Phi) is 6.43. The minimum absolute atomic E-state index is 0.115. The zero-order valence-electron chi connectivity index (χ0n) is 17.1. The Morgan fingerprint density at radius 3 is 2.65 bits per heavy atom. The van der Waals surface area contributed by atoms with Gasteiger partial charge in [0, 0.05) is 29.4 Å². The summed E-state index contributed by atoms with van der Waals surface area (Å²) in [5, 5.41) is 5.50. The Bertz CT molecular complexity index is 989. The minimum Gasteiger partial charge on any atom is -0.449 e. The molecule has 2 heterocycles. The van der Waals surface area contributed by atoms with Crippen LogP contribution in [0.5, 0.6) is 0 Å². The molecule has 31 heavy (non-hydrogen) atoms. The smallest absolute Gasteiger partial charge is 0.338 e. The fourth-order valence-corrected chi connectivity index (χ4v) is 4.10. The Balaban J connectivity index is 1.33. The van der Waals surface area contributed by atoms with Gasteiger partial charge in [0.1, 0.15) is 0 Å². The van der Waals surface area contributed by atoms with Gasteiger partial charge in [0.2, 0.25) is 5.91 Å². The van der Waals surface area contributed by atoms with Gasteiger partial charge in [0.25, 0.3) is 5.91 Å². The van der Waals surface area contributed by atoms with Gasteiger partial charge in [-0.05, 0) is 49.4 Å². The lowest BCUT2D eigenvalue weighted by molar-refractivity contribution is -0.123. The predicted octanol–water partition coefficient (Wildman–Crippen LogP) is 2.75. The first-order chi connectivity index (χ1) is 15.0. The summed E-state index contributed by atoms with van der Waals surface area (Å²) in [6.07, 6.45) is -0.980. The van der Waals surface area contributed by atoms with Gasteiger partial charge in [-0.2, -0.15) is 0 Å². The summed E-state index contributed by atoms with van der Waals surface area (Å²) in [6.45, 7) is 4.60. The van der Waals surface area contributed by atoms with Crippen molar-refractivity contribution in [3.8, 4) is 0 Å². The van der Waals surface area contributed by atoms with Gasteiger partial charge in [0.05, 0.1) is 30.2 Å². The number of nitrogens with zero attached hydrogens (tertiary/aromatic N) is 1. The van der Waals surface area contributed by atoms with E-state index in [1.165, 1.54) is 18.7 Å². The van der Waals surface area contributed by atoms with E-state index in [-0.39, 0.29) is 11.5 Å². The van der Waals surface area contributed by atoms with Crippen LogP contribution in [0.3, 0.4) is 0 Å². The number of anilines is 3. The van der Waals surface area contributed by atoms with E-state index < -0.39 is 18.0 Å². The molecule has 162 valence electrons. The van der Waals surface area contributed by atoms with Crippen molar-refractivity contribution in [2.24, 2.45) is 0 Å². The van der Waals surface area contributed by atoms with Gasteiger partial charge in [-0.3, -0.25) is 9.59 Å². The van der Waals surface area contributed by atoms with Crippen LogP contribution in [0, 0.1) is 0 Å². The van der Waals surface area contributed by atoms with Gasteiger partial charge in [-0.1, -0.05) is 0 Å². The van der Waals surface area contributed by atoms with Crippen molar-refractivity contribution in [1.82, 2.24) is 0 Å². The molecule has 0 radical (unpaired) electrons. The number of benzene rings is 2. The number of rotatable bonds is 5. The largest absolute Gasteiger partial charge is 0.449 e. The molecule has 0 spiro atoms. The van der Waals surface area contributed by atoms with Gasteiger partial charge in [0.15, 0.2) is 6.10 Å². The summed E-state index contributed by atoms with van der Waals surface area (Å²) in [7, 11) is 0. The van der Waals surface area contributed by atoms with Crippen molar-refractivity contribution in [2.75, 3.05) is 47.6 Å². The molecule has 0 aromatic heterocycles. The number of nitrogens with one attached hydrogen (secondary N) is 2. The molecular formula is C22H23N3O5S. The minimum atomic E-state index is -0.980. The van der Waals surface area contributed by atoms with Crippen LogP contribution in [0.15, 0.2) is 47.4 Å². The van der Waals surface area contributed by atoms with E-state index in [0.29, 0.717) is 30.3 Å². The van der Waals surface area contributed by atoms with Gasteiger partial charge >= 0.3 is 5.97 Å². The number of ether oxygens (including phenoxy) is 2. The van der Waals surface area contributed by atoms with E-state index in [1.807, 2.05) is 24.3 Å². The van der Waals surface area contributed by atoms with Gasteiger partial charge < -0.3 is 25.0 Å². The molecule has 1 saturated heterocycles.